The van der Waals surface area contributed by atoms with Crippen molar-refractivity contribution < 1.29 is 8.42 Å². The van der Waals surface area contributed by atoms with Crippen molar-refractivity contribution in [2.45, 2.75) is 18.4 Å². The number of anilines is 1. The van der Waals surface area contributed by atoms with Crippen LogP contribution in [0.15, 0.2) is 15.8 Å². The van der Waals surface area contributed by atoms with Gasteiger partial charge in [0.25, 0.3) is 0 Å². The SMILES string of the molecule is Cc1c(S(=O)(=O)N(C)Cc2cscn2)c(N)nn1C. The van der Waals surface area contributed by atoms with Crippen LogP contribution in [0.1, 0.15) is 11.4 Å². The molecule has 9 heteroatoms. The lowest BCUT2D eigenvalue weighted by Crippen LogP contribution is -2.27. The summed E-state index contributed by atoms with van der Waals surface area (Å²) in [7, 11) is -0.508. The molecule has 0 unspecified atom stereocenters. The first-order chi connectivity index (χ1) is 8.84. The molecule has 0 aliphatic carbocycles. The first kappa shape index (κ1) is 14.0. The van der Waals surface area contributed by atoms with Crippen LogP contribution in [0.5, 0.6) is 0 Å². The van der Waals surface area contributed by atoms with E-state index in [4.69, 9.17) is 5.73 Å². The molecule has 0 spiro atoms. The van der Waals surface area contributed by atoms with E-state index >= 15 is 0 Å². The smallest absolute Gasteiger partial charge is 0.248 e. The minimum atomic E-state index is -3.67. The summed E-state index contributed by atoms with van der Waals surface area (Å²) in [6, 6.07) is 0. The van der Waals surface area contributed by atoms with Crippen LogP contribution in [0.4, 0.5) is 5.82 Å². The van der Waals surface area contributed by atoms with E-state index < -0.39 is 10.0 Å². The van der Waals surface area contributed by atoms with E-state index in [1.54, 1.807) is 19.5 Å². The predicted molar refractivity (Wildman–Crippen MR) is 73.1 cm³/mol. The fraction of sp³-hybridized carbons (Fsp3) is 0.400. The molecule has 0 saturated carbocycles. The van der Waals surface area contributed by atoms with Crippen molar-refractivity contribution in [1.82, 2.24) is 19.1 Å². The molecule has 2 aromatic rings. The zero-order valence-electron chi connectivity index (χ0n) is 10.9. The van der Waals surface area contributed by atoms with Gasteiger partial charge in [-0.1, -0.05) is 0 Å². The number of hydrogen-bond acceptors (Lipinski definition) is 6. The summed E-state index contributed by atoms with van der Waals surface area (Å²) < 4.78 is 27.6. The Balaban J connectivity index is 2.36. The maximum Gasteiger partial charge on any atom is 0.248 e. The molecule has 0 fully saturated rings. The second-order valence-electron chi connectivity index (χ2n) is 4.16. The fourth-order valence-electron chi connectivity index (χ4n) is 1.72. The van der Waals surface area contributed by atoms with Crippen LogP contribution < -0.4 is 5.73 Å². The predicted octanol–water partition coefficient (Wildman–Crippen LogP) is 0.588. The molecule has 2 rings (SSSR count). The third kappa shape index (κ3) is 2.48. The minimum absolute atomic E-state index is 0.0186. The van der Waals surface area contributed by atoms with E-state index in [-0.39, 0.29) is 17.3 Å². The Morgan fingerprint density at radius 1 is 1.53 bits per heavy atom. The van der Waals surface area contributed by atoms with Crippen molar-refractivity contribution in [3.8, 4) is 0 Å². The Hall–Kier alpha value is -1.45. The number of aromatic nitrogens is 3. The van der Waals surface area contributed by atoms with Gasteiger partial charge >= 0.3 is 0 Å². The quantitative estimate of drug-likeness (QED) is 0.892. The third-order valence-corrected chi connectivity index (χ3v) is 5.45. The van der Waals surface area contributed by atoms with E-state index in [1.807, 2.05) is 5.38 Å². The summed E-state index contributed by atoms with van der Waals surface area (Å²) in [6.45, 7) is 1.88. The Labute approximate surface area is 115 Å². The Bertz CT molecular complexity index is 675. The summed E-state index contributed by atoms with van der Waals surface area (Å²) in [5.41, 5.74) is 8.58. The standard InChI is InChI=1S/C10H15N5O2S2/c1-7-9(10(11)13-15(7)3)19(16,17)14(2)4-8-5-18-6-12-8/h5-6H,4H2,1-3H3,(H2,11,13). The van der Waals surface area contributed by atoms with Gasteiger partial charge in [0.1, 0.15) is 4.90 Å². The summed E-state index contributed by atoms with van der Waals surface area (Å²) in [4.78, 5) is 4.14. The number of hydrogen-bond donors (Lipinski definition) is 1. The molecule has 0 atom stereocenters. The number of thiazole rings is 1. The van der Waals surface area contributed by atoms with E-state index in [0.717, 1.165) is 0 Å². The zero-order valence-corrected chi connectivity index (χ0v) is 12.5. The lowest BCUT2D eigenvalue weighted by molar-refractivity contribution is 0.462. The molecule has 104 valence electrons. The average Bonchev–Trinajstić information content (AvgIpc) is 2.88. The Morgan fingerprint density at radius 2 is 2.21 bits per heavy atom. The second kappa shape index (κ2) is 4.91. The molecule has 0 aliphatic heterocycles. The highest BCUT2D eigenvalue weighted by molar-refractivity contribution is 7.89. The highest BCUT2D eigenvalue weighted by Gasteiger charge is 2.29. The lowest BCUT2D eigenvalue weighted by Gasteiger charge is -2.16. The van der Waals surface area contributed by atoms with Gasteiger partial charge in [-0.15, -0.1) is 11.3 Å². The molecule has 0 aliphatic rings. The highest BCUT2D eigenvalue weighted by Crippen LogP contribution is 2.25. The van der Waals surface area contributed by atoms with Gasteiger partial charge in [0.05, 0.1) is 23.4 Å². The first-order valence-corrected chi connectivity index (χ1v) is 7.84. The van der Waals surface area contributed by atoms with Gasteiger partial charge in [-0.25, -0.2) is 13.4 Å². The molecule has 0 radical (unpaired) electrons. The monoisotopic (exact) mass is 301 g/mol. The van der Waals surface area contributed by atoms with Gasteiger partial charge in [-0.2, -0.15) is 9.40 Å². The van der Waals surface area contributed by atoms with Gasteiger partial charge in [0, 0.05) is 19.5 Å². The molecular formula is C10H15N5O2S2. The fourth-order valence-corrected chi connectivity index (χ4v) is 3.69. The van der Waals surface area contributed by atoms with Crippen molar-refractivity contribution in [2.24, 2.45) is 7.05 Å². The van der Waals surface area contributed by atoms with E-state index in [9.17, 15) is 8.42 Å². The number of aryl methyl sites for hydroxylation is 1. The normalized spacial score (nSPS) is 12.2. The van der Waals surface area contributed by atoms with E-state index in [0.29, 0.717) is 11.4 Å². The summed E-state index contributed by atoms with van der Waals surface area (Å²) in [6.07, 6.45) is 0. The molecule has 0 bridgehead atoms. The Morgan fingerprint density at radius 3 is 2.68 bits per heavy atom. The van der Waals surface area contributed by atoms with Crippen LogP contribution in [0.2, 0.25) is 0 Å². The van der Waals surface area contributed by atoms with Crippen LogP contribution >= 0.6 is 11.3 Å². The second-order valence-corrected chi connectivity index (χ2v) is 6.86. The summed E-state index contributed by atoms with van der Waals surface area (Å²) >= 11 is 1.42. The van der Waals surface area contributed by atoms with Crippen molar-refractivity contribution in [3.05, 3.63) is 22.3 Å². The molecule has 2 N–H and O–H groups in total. The van der Waals surface area contributed by atoms with Crippen LogP contribution in [-0.2, 0) is 23.6 Å². The Kier molecular flexibility index (Phi) is 3.61. The number of rotatable bonds is 4. The third-order valence-electron chi connectivity index (χ3n) is 2.84. The summed E-state index contributed by atoms with van der Waals surface area (Å²) in [5, 5.41) is 5.74. The molecule has 2 aromatic heterocycles. The number of nitrogens with zero attached hydrogens (tertiary/aromatic N) is 4. The maximum atomic E-state index is 12.5. The van der Waals surface area contributed by atoms with Crippen molar-refractivity contribution in [3.63, 3.8) is 0 Å². The van der Waals surface area contributed by atoms with Crippen LogP contribution in [0.25, 0.3) is 0 Å². The van der Waals surface area contributed by atoms with Gasteiger partial charge < -0.3 is 5.73 Å². The van der Waals surface area contributed by atoms with E-state index in [1.165, 1.54) is 27.4 Å². The molecule has 0 amide bonds. The number of sulfonamides is 1. The molecule has 2 heterocycles. The molecule has 19 heavy (non-hydrogen) atoms. The summed E-state index contributed by atoms with van der Waals surface area (Å²) in [5.74, 6) is 0.0186. The minimum Gasteiger partial charge on any atom is -0.381 e. The van der Waals surface area contributed by atoms with E-state index in [2.05, 4.69) is 10.1 Å². The molecule has 7 nitrogen and oxygen atoms in total. The number of nitrogens with two attached hydrogens (primary N) is 1. The van der Waals surface area contributed by atoms with Crippen LogP contribution in [-0.4, -0.2) is 34.5 Å². The van der Waals surface area contributed by atoms with Gasteiger partial charge in [-0.05, 0) is 6.92 Å². The van der Waals surface area contributed by atoms with Crippen LogP contribution in [0, 0.1) is 6.92 Å². The first-order valence-electron chi connectivity index (χ1n) is 5.46. The molecular weight excluding hydrogens is 286 g/mol. The average molecular weight is 301 g/mol. The lowest BCUT2D eigenvalue weighted by atomic mass is 10.5. The van der Waals surface area contributed by atoms with Crippen molar-refractivity contribution in [1.29, 1.82) is 0 Å². The zero-order chi connectivity index (χ0) is 14.2. The number of nitrogen functional groups attached to an aromatic ring is 1. The van der Waals surface area contributed by atoms with Gasteiger partial charge in [0.15, 0.2) is 5.82 Å². The van der Waals surface area contributed by atoms with Crippen LogP contribution in [0.3, 0.4) is 0 Å². The largest absolute Gasteiger partial charge is 0.381 e. The van der Waals surface area contributed by atoms with Crippen molar-refractivity contribution in [2.75, 3.05) is 12.8 Å². The maximum absolute atomic E-state index is 12.5. The molecule has 0 saturated heterocycles. The van der Waals surface area contributed by atoms with Crippen molar-refractivity contribution >= 4 is 27.2 Å². The molecule has 0 aromatic carbocycles. The van der Waals surface area contributed by atoms with Gasteiger partial charge in [0.2, 0.25) is 10.0 Å². The van der Waals surface area contributed by atoms with Gasteiger partial charge in [-0.3, -0.25) is 4.68 Å². The topological polar surface area (TPSA) is 94.1 Å². The highest BCUT2D eigenvalue weighted by atomic mass is 32.2.